The molecule has 6 rings (SSSR count). The average molecular weight is 508 g/mol. The third-order valence-electron chi connectivity index (χ3n) is 8.02. The Labute approximate surface area is 215 Å². The van der Waals surface area contributed by atoms with Gasteiger partial charge >= 0.3 is 5.69 Å². The van der Waals surface area contributed by atoms with Gasteiger partial charge in [-0.15, -0.1) is 0 Å². The highest BCUT2D eigenvalue weighted by Crippen LogP contribution is 2.36. The van der Waals surface area contributed by atoms with Crippen molar-refractivity contribution in [1.29, 1.82) is 0 Å². The highest BCUT2D eigenvalue weighted by Gasteiger charge is 2.28. The molecule has 1 atom stereocenters. The molecule has 0 saturated carbocycles. The number of ether oxygens (including phenoxy) is 1. The molecule has 0 aliphatic carbocycles. The Morgan fingerprint density at radius 2 is 2.08 bits per heavy atom. The van der Waals surface area contributed by atoms with E-state index in [0.717, 1.165) is 58.0 Å². The fourth-order valence-corrected chi connectivity index (χ4v) is 6.02. The Morgan fingerprint density at radius 1 is 1.24 bits per heavy atom. The van der Waals surface area contributed by atoms with Crippen molar-refractivity contribution >= 4 is 28.7 Å². The second kappa shape index (κ2) is 9.90. The summed E-state index contributed by atoms with van der Waals surface area (Å²) >= 11 is 0. The topological polar surface area (TPSA) is 78.2 Å². The lowest BCUT2D eigenvalue weighted by atomic mass is 10.0. The van der Waals surface area contributed by atoms with Crippen LogP contribution in [0.5, 0.6) is 0 Å². The van der Waals surface area contributed by atoms with Crippen molar-refractivity contribution in [2.75, 3.05) is 51.3 Å². The van der Waals surface area contributed by atoms with Gasteiger partial charge in [-0.25, -0.2) is 14.2 Å². The monoisotopic (exact) mass is 507 g/mol. The predicted octanol–water partition coefficient (Wildman–Crippen LogP) is 3.04. The first-order valence-corrected chi connectivity index (χ1v) is 13.3. The van der Waals surface area contributed by atoms with Gasteiger partial charge in [-0.3, -0.25) is 9.47 Å². The minimum atomic E-state index is -0.474. The zero-order valence-electron chi connectivity index (χ0n) is 21.5. The van der Waals surface area contributed by atoms with E-state index >= 15 is 4.39 Å². The highest BCUT2D eigenvalue weighted by atomic mass is 19.1. The summed E-state index contributed by atoms with van der Waals surface area (Å²) in [5, 5.41) is 3.69. The molecule has 37 heavy (non-hydrogen) atoms. The van der Waals surface area contributed by atoms with Crippen LogP contribution in [0.2, 0.25) is 0 Å². The Hall–Kier alpha value is -3.24. The Kier molecular flexibility index (Phi) is 6.46. The minimum absolute atomic E-state index is 0.0973. The van der Waals surface area contributed by atoms with Gasteiger partial charge in [0.1, 0.15) is 11.3 Å². The molecular weight excluding hydrogens is 473 g/mol. The summed E-state index contributed by atoms with van der Waals surface area (Å²) in [6.07, 6.45) is 8.35. The van der Waals surface area contributed by atoms with Crippen LogP contribution in [0.4, 0.5) is 15.9 Å². The van der Waals surface area contributed by atoms with E-state index in [-0.39, 0.29) is 5.52 Å². The molecule has 0 radical (unpaired) electrons. The number of hydrogen-bond acceptors (Lipinski definition) is 8. The van der Waals surface area contributed by atoms with Crippen molar-refractivity contribution in [3.05, 3.63) is 51.5 Å². The van der Waals surface area contributed by atoms with Gasteiger partial charge in [0.05, 0.1) is 35.8 Å². The zero-order valence-corrected chi connectivity index (χ0v) is 21.5. The maximum atomic E-state index is 15.6. The average Bonchev–Trinajstić information content (AvgIpc) is 2.92. The van der Waals surface area contributed by atoms with Gasteiger partial charge in [-0.05, 0) is 38.8 Å². The molecule has 0 unspecified atom stereocenters. The zero-order chi connectivity index (χ0) is 25.5. The van der Waals surface area contributed by atoms with E-state index < -0.39 is 11.5 Å². The van der Waals surface area contributed by atoms with Crippen molar-refractivity contribution in [1.82, 2.24) is 24.3 Å². The SMILES string of the molecule is CCn1c2c3c(cc(CN4CCN(C5=C(C)N([C@H]6CCCOC6)CC=C5)CC4)c(F)c3nc1=O)NC=N2. The second-order valence-corrected chi connectivity index (χ2v) is 10.1. The van der Waals surface area contributed by atoms with E-state index in [0.29, 0.717) is 35.9 Å². The summed E-state index contributed by atoms with van der Waals surface area (Å²) in [5.74, 6) is 0.0316. The molecule has 4 aliphatic rings. The van der Waals surface area contributed by atoms with E-state index in [1.54, 1.807) is 6.34 Å². The first-order chi connectivity index (χ1) is 18.0. The van der Waals surface area contributed by atoms with Crippen molar-refractivity contribution in [3.63, 3.8) is 0 Å². The van der Waals surface area contributed by atoms with Gasteiger partial charge in [0.2, 0.25) is 0 Å². The molecule has 1 aromatic carbocycles. The van der Waals surface area contributed by atoms with Crippen LogP contribution in [0.1, 0.15) is 32.3 Å². The van der Waals surface area contributed by atoms with E-state index in [1.165, 1.54) is 22.4 Å². The number of nitrogens with one attached hydrogen (secondary N) is 1. The lowest BCUT2D eigenvalue weighted by Gasteiger charge is -2.42. The van der Waals surface area contributed by atoms with Gasteiger partial charge in [0, 0.05) is 63.7 Å². The molecule has 2 fully saturated rings. The Balaban J connectivity index is 1.19. The maximum Gasteiger partial charge on any atom is 0.349 e. The molecule has 2 aromatic rings. The van der Waals surface area contributed by atoms with Crippen LogP contribution in [0.3, 0.4) is 0 Å². The standard InChI is InChI=1S/C27H34FN7O2/c1-3-34-26-23-21(29-17-30-26)14-19(24(28)25(23)31-27(34)36)15-32-9-11-33(12-10-32)22-7-4-8-35(18(22)2)20-6-5-13-37-16-20/h4,7,14,17,20H,3,5-6,8-13,15-16H2,1-2H3,(H,29,30)/t20-/m0/s1. The van der Waals surface area contributed by atoms with Gasteiger partial charge in [-0.1, -0.05) is 6.08 Å². The summed E-state index contributed by atoms with van der Waals surface area (Å²) in [7, 11) is 0. The van der Waals surface area contributed by atoms with E-state index in [4.69, 9.17) is 4.74 Å². The number of hydrogen-bond donors (Lipinski definition) is 1. The van der Waals surface area contributed by atoms with Crippen LogP contribution >= 0.6 is 0 Å². The van der Waals surface area contributed by atoms with Gasteiger partial charge < -0.3 is 19.9 Å². The van der Waals surface area contributed by atoms with Crippen molar-refractivity contribution < 1.29 is 9.13 Å². The van der Waals surface area contributed by atoms with Crippen LogP contribution in [-0.4, -0.2) is 82.6 Å². The molecule has 2 saturated heterocycles. The number of aliphatic imine (C=N–C) groups is 1. The number of benzene rings is 1. The number of anilines is 1. The number of rotatable bonds is 5. The maximum absolute atomic E-state index is 15.6. The van der Waals surface area contributed by atoms with Gasteiger partial charge in [0.15, 0.2) is 5.82 Å². The molecule has 0 bridgehead atoms. The quantitative estimate of drug-likeness (QED) is 0.667. The molecular formula is C27H34FN7O2. The van der Waals surface area contributed by atoms with Crippen LogP contribution in [0.15, 0.2) is 39.4 Å². The van der Waals surface area contributed by atoms with Gasteiger partial charge in [0.25, 0.3) is 0 Å². The van der Waals surface area contributed by atoms with Crippen LogP contribution in [0.25, 0.3) is 10.9 Å². The molecule has 4 aliphatic heterocycles. The van der Waals surface area contributed by atoms with E-state index in [1.807, 2.05) is 13.0 Å². The molecule has 1 N–H and O–H groups in total. The summed E-state index contributed by atoms with van der Waals surface area (Å²) < 4.78 is 22.9. The largest absolute Gasteiger partial charge is 0.379 e. The lowest BCUT2D eigenvalue weighted by Crippen LogP contribution is -2.48. The fraction of sp³-hybridized carbons (Fsp3) is 0.519. The fourth-order valence-electron chi connectivity index (χ4n) is 6.02. The third kappa shape index (κ3) is 4.31. The number of aromatic nitrogens is 2. The summed E-state index contributed by atoms with van der Waals surface area (Å²) in [5.41, 5.74) is 3.51. The normalized spacial score (nSPS) is 22.2. The van der Waals surface area contributed by atoms with Crippen molar-refractivity contribution in [3.8, 4) is 0 Å². The third-order valence-corrected chi connectivity index (χ3v) is 8.02. The smallest absolute Gasteiger partial charge is 0.349 e. The molecule has 0 amide bonds. The predicted molar refractivity (Wildman–Crippen MR) is 143 cm³/mol. The molecule has 10 heteroatoms. The first kappa shape index (κ1) is 24.1. The van der Waals surface area contributed by atoms with Gasteiger partial charge in [-0.2, -0.15) is 4.98 Å². The Bertz CT molecular complexity index is 1350. The van der Waals surface area contributed by atoms with Crippen molar-refractivity contribution in [2.24, 2.45) is 4.99 Å². The minimum Gasteiger partial charge on any atom is -0.379 e. The number of nitrogens with zero attached hydrogens (tertiary/aromatic N) is 6. The number of piperazine rings is 1. The summed E-state index contributed by atoms with van der Waals surface area (Å²) in [6.45, 7) is 11.0. The lowest BCUT2D eigenvalue weighted by molar-refractivity contribution is 0.0320. The highest BCUT2D eigenvalue weighted by molar-refractivity contribution is 6.06. The Morgan fingerprint density at radius 3 is 2.84 bits per heavy atom. The molecule has 5 heterocycles. The first-order valence-electron chi connectivity index (χ1n) is 13.3. The van der Waals surface area contributed by atoms with Crippen LogP contribution in [0, 0.1) is 5.82 Å². The van der Waals surface area contributed by atoms with E-state index in [9.17, 15) is 4.79 Å². The molecule has 196 valence electrons. The molecule has 9 nitrogen and oxygen atoms in total. The summed E-state index contributed by atoms with van der Waals surface area (Å²) in [6, 6.07) is 2.28. The number of allylic oxidation sites excluding steroid dienone is 2. The van der Waals surface area contributed by atoms with Crippen LogP contribution in [-0.2, 0) is 17.8 Å². The number of halogens is 1. The summed E-state index contributed by atoms with van der Waals surface area (Å²) in [4.78, 5) is 28.1. The molecule has 1 aromatic heterocycles. The van der Waals surface area contributed by atoms with Crippen molar-refractivity contribution in [2.45, 2.75) is 45.8 Å². The second-order valence-electron chi connectivity index (χ2n) is 10.1. The molecule has 0 spiro atoms. The van der Waals surface area contributed by atoms with E-state index in [2.05, 4.69) is 49.1 Å². The van der Waals surface area contributed by atoms with Crippen LogP contribution < -0.4 is 11.0 Å².